The number of hydrogen-bond donors (Lipinski definition) is 6. The summed E-state index contributed by atoms with van der Waals surface area (Å²) in [7, 11) is 0. The summed E-state index contributed by atoms with van der Waals surface area (Å²) < 4.78 is 20.8. The molecular weight excluding hydrogens is 696 g/mol. The third-order valence-corrected chi connectivity index (χ3v) is 10.2. The van der Waals surface area contributed by atoms with E-state index in [1.54, 1.807) is 0 Å². The number of carbonyl (C=O) groups excluding carboxylic acids is 2. The minimum absolute atomic E-state index is 0.0157. The van der Waals surface area contributed by atoms with E-state index >= 15 is 0 Å². The highest BCUT2D eigenvalue weighted by Gasteiger charge is 2.42. The van der Waals surface area contributed by atoms with Crippen molar-refractivity contribution >= 4 is 11.9 Å². The predicted octanol–water partition coefficient (Wildman–Crippen LogP) is 5.98. The average Bonchev–Trinajstić information content (AvgIpc) is 3.68. The number of hydrogen-bond acceptors (Lipinski definition) is 12. The first-order valence-electron chi connectivity index (χ1n) is 21.4. The van der Waals surface area contributed by atoms with Crippen molar-refractivity contribution in [2.24, 2.45) is 0 Å². The molecule has 0 unspecified atom stereocenters. The molecule has 12 heteroatoms. The largest absolute Gasteiger partial charge is 0.457 e. The predicted molar refractivity (Wildman–Crippen MR) is 209 cm³/mol. The normalized spacial score (nSPS) is 23.6. The molecule has 12 nitrogen and oxygen atoms in total. The van der Waals surface area contributed by atoms with E-state index in [0.717, 1.165) is 51.4 Å². The van der Waals surface area contributed by atoms with Gasteiger partial charge in [0.25, 0.3) is 0 Å². The average molecular weight is 775 g/mol. The zero-order valence-electron chi connectivity index (χ0n) is 33.7. The van der Waals surface area contributed by atoms with E-state index < -0.39 is 74.0 Å². The van der Waals surface area contributed by atoms with Crippen molar-refractivity contribution in [1.29, 1.82) is 0 Å². The van der Waals surface area contributed by atoms with Crippen LogP contribution in [0.2, 0.25) is 0 Å². The van der Waals surface area contributed by atoms with Crippen LogP contribution in [0.5, 0.6) is 0 Å². The van der Waals surface area contributed by atoms with Crippen LogP contribution in [0.25, 0.3) is 0 Å². The Morgan fingerprint density at radius 1 is 0.537 bits per heavy atom. The van der Waals surface area contributed by atoms with Gasteiger partial charge in [-0.15, -0.1) is 0 Å². The summed E-state index contributed by atoms with van der Waals surface area (Å²) in [6.45, 7) is 3.55. The Labute approximate surface area is 326 Å². The molecule has 2 heterocycles. The van der Waals surface area contributed by atoms with Crippen LogP contribution >= 0.6 is 0 Å². The molecule has 0 aromatic heterocycles. The van der Waals surface area contributed by atoms with Gasteiger partial charge in [-0.3, -0.25) is 9.59 Å². The van der Waals surface area contributed by atoms with Gasteiger partial charge in [-0.05, 0) is 38.5 Å². The fourth-order valence-corrected chi connectivity index (χ4v) is 6.70. The van der Waals surface area contributed by atoms with Gasteiger partial charge in [0.2, 0.25) is 0 Å². The molecule has 0 saturated carbocycles. The molecule has 0 aliphatic carbocycles. The highest BCUT2D eigenvalue weighted by Crippen LogP contribution is 2.22. The van der Waals surface area contributed by atoms with E-state index in [1.807, 2.05) is 0 Å². The smallest absolute Gasteiger partial charge is 0.306 e. The minimum atomic E-state index is -1.14. The number of aliphatic hydroxyl groups excluding tert-OH is 6. The van der Waals surface area contributed by atoms with E-state index in [9.17, 15) is 40.2 Å². The van der Waals surface area contributed by atoms with Crippen molar-refractivity contribution in [2.75, 3.05) is 26.4 Å². The minimum Gasteiger partial charge on any atom is -0.457 e. The second-order valence-electron chi connectivity index (χ2n) is 15.0. The molecule has 0 radical (unpaired) electrons. The van der Waals surface area contributed by atoms with Crippen molar-refractivity contribution in [3.05, 3.63) is 12.2 Å². The van der Waals surface area contributed by atoms with Crippen LogP contribution in [0.3, 0.4) is 0 Å². The van der Waals surface area contributed by atoms with Crippen LogP contribution in [-0.4, -0.2) is 118 Å². The highest BCUT2D eigenvalue weighted by molar-refractivity contribution is 5.70. The summed E-state index contributed by atoms with van der Waals surface area (Å²) in [4.78, 5) is 23.8. The molecule has 0 spiro atoms. The number of rotatable bonds is 31. The molecule has 2 aliphatic heterocycles. The lowest BCUT2D eigenvalue weighted by Gasteiger charge is -2.24. The second-order valence-corrected chi connectivity index (χ2v) is 15.0. The maximum Gasteiger partial charge on any atom is 0.306 e. The quantitative estimate of drug-likeness (QED) is 0.0275. The monoisotopic (exact) mass is 775 g/mol. The topological polar surface area (TPSA) is 192 Å². The van der Waals surface area contributed by atoms with Crippen molar-refractivity contribution in [2.45, 2.75) is 217 Å². The molecule has 318 valence electrons. The number of carbonyl (C=O) groups is 2. The molecule has 0 aromatic carbocycles. The number of esters is 2. The second kappa shape index (κ2) is 33.5. The maximum absolute atomic E-state index is 11.9. The van der Waals surface area contributed by atoms with E-state index in [0.29, 0.717) is 12.8 Å². The van der Waals surface area contributed by atoms with Gasteiger partial charge in [-0.2, -0.15) is 0 Å². The van der Waals surface area contributed by atoms with E-state index in [1.165, 1.54) is 89.9 Å². The third-order valence-electron chi connectivity index (χ3n) is 10.2. The zero-order chi connectivity index (χ0) is 39.8. The van der Waals surface area contributed by atoms with E-state index in [4.69, 9.17) is 18.9 Å². The zero-order valence-corrected chi connectivity index (χ0v) is 33.7. The van der Waals surface area contributed by atoms with Gasteiger partial charge >= 0.3 is 11.9 Å². The Morgan fingerprint density at radius 2 is 0.852 bits per heavy atom. The van der Waals surface area contributed by atoms with Crippen molar-refractivity contribution in [3.8, 4) is 0 Å². The number of allylic oxidation sites excluding steroid dienone is 2. The molecule has 2 fully saturated rings. The van der Waals surface area contributed by atoms with Crippen LogP contribution in [0.1, 0.15) is 168 Å². The Balaban J connectivity index is 0.000000553. The lowest BCUT2D eigenvalue weighted by Crippen LogP contribution is -2.43. The maximum atomic E-state index is 11.9. The summed E-state index contributed by atoms with van der Waals surface area (Å²) >= 11 is 0. The van der Waals surface area contributed by atoms with Gasteiger partial charge in [0, 0.05) is 12.8 Å². The highest BCUT2D eigenvalue weighted by atomic mass is 16.6. The van der Waals surface area contributed by atoms with Crippen LogP contribution in [-0.2, 0) is 28.5 Å². The molecular formula is C42H78O12. The van der Waals surface area contributed by atoms with Crippen LogP contribution in [0.4, 0.5) is 0 Å². The molecule has 54 heavy (non-hydrogen) atoms. The van der Waals surface area contributed by atoms with Crippen LogP contribution in [0, 0.1) is 0 Å². The lowest BCUT2D eigenvalue weighted by molar-refractivity contribution is -0.163. The summed E-state index contributed by atoms with van der Waals surface area (Å²) in [6.07, 6.45) is 23.4. The van der Waals surface area contributed by atoms with E-state index in [-0.39, 0.29) is 13.2 Å². The van der Waals surface area contributed by atoms with Crippen molar-refractivity contribution in [1.82, 2.24) is 0 Å². The Hall–Kier alpha value is -1.64. The Bertz CT molecular complexity index is 933. The van der Waals surface area contributed by atoms with Gasteiger partial charge in [0.15, 0.2) is 12.2 Å². The summed E-state index contributed by atoms with van der Waals surface area (Å²) in [5.41, 5.74) is 0. The van der Waals surface area contributed by atoms with Gasteiger partial charge in [0.1, 0.15) is 36.6 Å². The van der Waals surface area contributed by atoms with Gasteiger partial charge in [-0.25, -0.2) is 0 Å². The van der Waals surface area contributed by atoms with Gasteiger partial charge in [0.05, 0.1) is 26.4 Å². The first-order valence-corrected chi connectivity index (χ1v) is 21.4. The van der Waals surface area contributed by atoms with Gasteiger partial charge in [-0.1, -0.05) is 129 Å². The molecule has 2 rings (SSSR count). The fourth-order valence-electron chi connectivity index (χ4n) is 6.70. The standard InChI is InChI=1S/C24H44O6.C18H34O6/c1-2-3-4-5-6-7-8-9-10-11-12-13-14-15-16-17-22(27)30-21(18-25)24-23(28)20(26)19-29-24;1-2-3-4-5-6-7-8-9-10-11-16(21)24-15(12-19)18-17(22)14(20)13-23-18/h9-10,20-21,23-26,28H,2-8,11-19H2,1H3;14-15,17-20,22H,2-13H2,1H3/b10-9-;/t20-,21+,23+,24+;14-,15+,17+,18+/m00/s1. The summed E-state index contributed by atoms with van der Waals surface area (Å²) in [6, 6.07) is 0. The molecule has 8 atom stereocenters. The van der Waals surface area contributed by atoms with Crippen LogP contribution in [0.15, 0.2) is 12.2 Å². The molecule has 0 aromatic rings. The summed E-state index contributed by atoms with van der Waals surface area (Å²) in [5.74, 6) is -0.793. The van der Waals surface area contributed by atoms with Crippen molar-refractivity contribution in [3.63, 3.8) is 0 Å². The molecule has 0 amide bonds. The van der Waals surface area contributed by atoms with Gasteiger partial charge < -0.3 is 49.6 Å². The Morgan fingerprint density at radius 3 is 1.15 bits per heavy atom. The van der Waals surface area contributed by atoms with Crippen molar-refractivity contribution < 1.29 is 59.2 Å². The number of unbranched alkanes of at least 4 members (excludes halogenated alkanes) is 19. The first-order chi connectivity index (χ1) is 26.2. The number of ether oxygens (including phenoxy) is 4. The molecule has 6 N–H and O–H groups in total. The molecule has 0 bridgehead atoms. The van der Waals surface area contributed by atoms with E-state index in [2.05, 4.69) is 26.0 Å². The fraction of sp³-hybridized carbons (Fsp3) is 0.905. The number of aliphatic hydroxyl groups is 6. The first kappa shape index (κ1) is 50.4. The lowest BCUT2D eigenvalue weighted by atomic mass is 10.1. The molecule has 2 aliphatic rings. The van der Waals surface area contributed by atoms with Crippen LogP contribution < -0.4 is 0 Å². The Kier molecular flexibility index (Phi) is 31.2. The summed E-state index contributed by atoms with van der Waals surface area (Å²) in [5, 5.41) is 57.2. The molecule has 2 saturated heterocycles. The SMILES string of the molecule is CCCCCCCC/C=C\CCCCCCCC(=O)O[C@H](CO)[C@H]1OC[C@H](O)[C@H]1O.CCCCCCCCCCCC(=O)O[C@H](CO)[C@H]1OC[C@H](O)[C@H]1O. The third kappa shape index (κ3) is 23.4.